The summed E-state index contributed by atoms with van der Waals surface area (Å²) < 4.78 is 26.7. The second-order valence-electron chi connectivity index (χ2n) is 4.34. The maximum absolute atomic E-state index is 12.0. The molecule has 0 saturated heterocycles. The van der Waals surface area contributed by atoms with Crippen molar-refractivity contribution in [2.45, 2.75) is 31.3 Å². The minimum Gasteiger partial charge on any atom is -0.392 e. The molecule has 0 amide bonds. The van der Waals surface area contributed by atoms with Crippen LogP contribution in [0.15, 0.2) is 23.1 Å². The van der Waals surface area contributed by atoms with Crippen LogP contribution in [0.5, 0.6) is 0 Å². The zero-order valence-electron chi connectivity index (χ0n) is 11.3. The van der Waals surface area contributed by atoms with Gasteiger partial charge in [0.05, 0.1) is 11.5 Å². The topological polar surface area (TPSA) is 66.4 Å². The summed E-state index contributed by atoms with van der Waals surface area (Å²) in [5.74, 6) is 1.04. The Morgan fingerprint density at radius 3 is 2.68 bits per heavy atom. The van der Waals surface area contributed by atoms with Crippen molar-refractivity contribution < 1.29 is 13.5 Å². The fourth-order valence-corrected chi connectivity index (χ4v) is 3.26. The van der Waals surface area contributed by atoms with Gasteiger partial charge in [-0.2, -0.15) is 11.8 Å². The monoisotopic (exact) mass is 303 g/mol. The van der Waals surface area contributed by atoms with Gasteiger partial charge in [-0.25, -0.2) is 13.1 Å². The first-order chi connectivity index (χ1) is 9.01. The van der Waals surface area contributed by atoms with Gasteiger partial charge in [-0.15, -0.1) is 0 Å². The Labute approximate surface area is 119 Å². The molecule has 0 radical (unpaired) electrons. The molecule has 0 bridgehead atoms. The van der Waals surface area contributed by atoms with Gasteiger partial charge in [-0.1, -0.05) is 6.07 Å². The quantitative estimate of drug-likeness (QED) is 0.720. The molecule has 0 aliphatic carbocycles. The predicted molar refractivity (Wildman–Crippen MR) is 79.9 cm³/mol. The molecule has 6 heteroatoms. The first-order valence-corrected chi connectivity index (χ1v) is 9.08. The highest BCUT2D eigenvalue weighted by Gasteiger charge is 2.14. The van der Waals surface area contributed by atoms with Crippen molar-refractivity contribution in [1.82, 2.24) is 4.72 Å². The van der Waals surface area contributed by atoms with Crippen LogP contribution < -0.4 is 4.72 Å². The van der Waals surface area contributed by atoms with Gasteiger partial charge in [0, 0.05) is 6.54 Å². The molecule has 0 spiro atoms. The number of aliphatic hydroxyl groups excluding tert-OH is 1. The van der Waals surface area contributed by atoms with Crippen molar-refractivity contribution in [3.8, 4) is 0 Å². The standard InChI is InChI=1S/C13H21NO3S2/c1-11-5-6-13(9-12(11)10-15)19(16,17)14-7-3-4-8-18-2/h5-6,9,14-15H,3-4,7-8,10H2,1-2H3. The third-order valence-electron chi connectivity index (χ3n) is 2.87. The fraction of sp³-hybridized carbons (Fsp3) is 0.538. The van der Waals surface area contributed by atoms with Crippen molar-refractivity contribution in [1.29, 1.82) is 0 Å². The van der Waals surface area contributed by atoms with Crippen LogP contribution >= 0.6 is 11.8 Å². The summed E-state index contributed by atoms with van der Waals surface area (Å²) in [7, 11) is -3.46. The van der Waals surface area contributed by atoms with E-state index < -0.39 is 10.0 Å². The number of hydrogen-bond acceptors (Lipinski definition) is 4. The van der Waals surface area contributed by atoms with Crippen molar-refractivity contribution >= 4 is 21.8 Å². The van der Waals surface area contributed by atoms with Gasteiger partial charge in [0.25, 0.3) is 0 Å². The summed E-state index contributed by atoms with van der Waals surface area (Å²) in [6.07, 6.45) is 3.87. The van der Waals surface area contributed by atoms with Crippen LogP contribution in [0.25, 0.3) is 0 Å². The smallest absolute Gasteiger partial charge is 0.240 e. The Bertz CT molecular complexity index is 501. The SMILES string of the molecule is CSCCCCNS(=O)(=O)c1ccc(C)c(CO)c1. The molecular weight excluding hydrogens is 282 g/mol. The lowest BCUT2D eigenvalue weighted by atomic mass is 10.1. The lowest BCUT2D eigenvalue weighted by Crippen LogP contribution is -2.25. The van der Waals surface area contributed by atoms with E-state index in [9.17, 15) is 8.42 Å². The van der Waals surface area contributed by atoms with E-state index in [0.717, 1.165) is 24.2 Å². The Balaban J connectivity index is 2.67. The fourth-order valence-electron chi connectivity index (χ4n) is 1.65. The van der Waals surface area contributed by atoms with Crippen LogP contribution in [0.2, 0.25) is 0 Å². The Morgan fingerprint density at radius 1 is 1.32 bits per heavy atom. The third-order valence-corrected chi connectivity index (χ3v) is 5.02. The molecule has 2 N–H and O–H groups in total. The van der Waals surface area contributed by atoms with Crippen LogP contribution in [0.3, 0.4) is 0 Å². The van der Waals surface area contributed by atoms with Crippen molar-refractivity contribution in [3.05, 3.63) is 29.3 Å². The number of aryl methyl sites for hydroxylation is 1. The van der Waals surface area contributed by atoms with Crippen molar-refractivity contribution in [2.75, 3.05) is 18.6 Å². The van der Waals surface area contributed by atoms with Crippen LogP contribution in [0.1, 0.15) is 24.0 Å². The molecule has 0 unspecified atom stereocenters. The summed E-state index contributed by atoms with van der Waals surface area (Å²) in [5, 5.41) is 9.16. The van der Waals surface area contributed by atoms with Gasteiger partial charge >= 0.3 is 0 Å². The largest absolute Gasteiger partial charge is 0.392 e. The predicted octanol–water partition coefficient (Wildman–Crippen LogP) is 1.91. The lowest BCUT2D eigenvalue weighted by Gasteiger charge is -2.09. The van der Waals surface area contributed by atoms with E-state index in [1.807, 2.05) is 13.2 Å². The van der Waals surface area contributed by atoms with Crippen molar-refractivity contribution in [3.63, 3.8) is 0 Å². The number of unbranched alkanes of at least 4 members (excludes halogenated alkanes) is 1. The Morgan fingerprint density at radius 2 is 2.05 bits per heavy atom. The second kappa shape index (κ2) is 7.89. The maximum atomic E-state index is 12.0. The molecule has 0 atom stereocenters. The molecule has 0 saturated carbocycles. The number of nitrogens with one attached hydrogen (secondary N) is 1. The Kier molecular flexibility index (Phi) is 6.85. The number of hydrogen-bond donors (Lipinski definition) is 2. The summed E-state index contributed by atoms with van der Waals surface area (Å²) in [6.45, 7) is 2.14. The molecule has 108 valence electrons. The van der Waals surface area contributed by atoms with E-state index in [-0.39, 0.29) is 11.5 Å². The molecule has 0 heterocycles. The zero-order chi connectivity index (χ0) is 14.3. The zero-order valence-corrected chi connectivity index (χ0v) is 13.0. The van der Waals surface area contributed by atoms with Crippen LogP contribution in [-0.2, 0) is 16.6 Å². The van der Waals surface area contributed by atoms with Crippen LogP contribution in [-0.4, -0.2) is 32.1 Å². The molecule has 0 aliphatic rings. The van der Waals surface area contributed by atoms with Gasteiger partial charge in [-0.05, 0) is 55.0 Å². The van der Waals surface area contributed by atoms with Crippen LogP contribution in [0, 0.1) is 6.92 Å². The first-order valence-electron chi connectivity index (χ1n) is 6.20. The van der Waals surface area contributed by atoms with E-state index in [1.165, 1.54) is 6.07 Å². The van der Waals surface area contributed by atoms with Gasteiger partial charge < -0.3 is 5.11 Å². The minimum atomic E-state index is -3.46. The van der Waals surface area contributed by atoms with E-state index >= 15 is 0 Å². The summed E-state index contributed by atoms with van der Waals surface area (Å²) in [5.41, 5.74) is 1.53. The highest BCUT2D eigenvalue weighted by Crippen LogP contribution is 2.15. The molecule has 4 nitrogen and oxygen atoms in total. The number of rotatable bonds is 8. The van der Waals surface area contributed by atoms with E-state index in [1.54, 1.807) is 23.9 Å². The molecule has 0 aromatic heterocycles. The van der Waals surface area contributed by atoms with Crippen molar-refractivity contribution in [2.24, 2.45) is 0 Å². The second-order valence-corrected chi connectivity index (χ2v) is 7.10. The number of benzene rings is 1. The number of thioether (sulfide) groups is 1. The summed E-state index contributed by atoms with van der Waals surface area (Å²) >= 11 is 1.76. The number of aliphatic hydroxyl groups is 1. The van der Waals surface area contributed by atoms with E-state index in [0.29, 0.717) is 12.1 Å². The molecule has 19 heavy (non-hydrogen) atoms. The average molecular weight is 303 g/mol. The normalized spacial score (nSPS) is 11.7. The summed E-state index contributed by atoms with van der Waals surface area (Å²) in [4.78, 5) is 0.215. The molecular formula is C13H21NO3S2. The van der Waals surface area contributed by atoms with Gasteiger partial charge in [0.2, 0.25) is 10.0 Å². The minimum absolute atomic E-state index is 0.150. The van der Waals surface area contributed by atoms with Gasteiger partial charge in [0.15, 0.2) is 0 Å². The summed E-state index contributed by atoms with van der Waals surface area (Å²) in [6, 6.07) is 4.81. The average Bonchev–Trinajstić information content (AvgIpc) is 2.38. The first kappa shape index (κ1) is 16.5. The van der Waals surface area contributed by atoms with E-state index in [4.69, 9.17) is 5.11 Å². The van der Waals surface area contributed by atoms with Gasteiger partial charge in [0.1, 0.15) is 0 Å². The lowest BCUT2D eigenvalue weighted by molar-refractivity contribution is 0.280. The molecule has 0 aliphatic heterocycles. The molecule has 0 fully saturated rings. The molecule has 1 aromatic rings. The maximum Gasteiger partial charge on any atom is 0.240 e. The third kappa shape index (κ3) is 5.14. The van der Waals surface area contributed by atoms with E-state index in [2.05, 4.69) is 4.72 Å². The number of sulfonamides is 1. The van der Waals surface area contributed by atoms with Crippen LogP contribution in [0.4, 0.5) is 0 Å². The van der Waals surface area contributed by atoms with Gasteiger partial charge in [-0.3, -0.25) is 0 Å². The molecule has 1 rings (SSSR count). The Hall–Kier alpha value is -0.560. The highest BCUT2D eigenvalue weighted by molar-refractivity contribution is 7.98. The molecule has 1 aromatic carbocycles. The highest BCUT2D eigenvalue weighted by atomic mass is 32.2.